The molecule has 0 aliphatic heterocycles. The maximum absolute atomic E-state index is 11.3. The fraction of sp³-hybridized carbons (Fsp3) is 0.286. The molecule has 0 atom stereocenters. The number of esters is 1. The average molecular weight is 264 g/mol. The first-order valence-electron chi connectivity index (χ1n) is 5.74. The van der Waals surface area contributed by atoms with Gasteiger partial charge in [0.05, 0.1) is 18.8 Å². The molecule has 19 heavy (non-hydrogen) atoms. The molecule has 0 heterocycles. The number of hydrogen-bond acceptors (Lipinski definition) is 5. The van der Waals surface area contributed by atoms with E-state index in [2.05, 4.69) is 4.74 Å². The average Bonchev–Trinajstić information content (AvgIpc) is 2.37. The van der Waals surface area contributed by atoms with Crippen LogP contribution in [0.4, 0.5) is 0 Å². The lowest BCUT2D eigenvalue weighted by Crippen LogP contribution is -2.13. The predicted octanol–water partition coefficient (Wildman–Crippen LogP) is 2.11. The molecule has 1 N–H and O–H groups in total. The first-order chi connectivity index (χ1) is 8.95. The maximum Gasteiger partial charge on any atom is 0.378 e. The number of aliphatic hydroxyl groups excluding tert-OH is 1. The Labute approximate surface area is 111 Å². The van der Waals surface area contributed by atoms with Crippen molar-refractivity contribution in [3.8, 4) is 5.75 Å². The summed E-state index contributed by atoms with van der Waals surface area (Å²) < 4.78 is 9.77. The van der Waals surface area contributed by atoms with E-state index in [1.807, 2.05) is 13.8 Å². The van der Waals surface area contributed by atoms with Crippen molar-refractivity contribution in [2.24, 2.45) is 0 Å². The Morgan fingerprint density at radius 2 is 1.89 bits per heavy atom. The van der Waals surface area contributed by atoms with E-state index in [0.29, 0.717) is 11.3 Å². The summed E-state index contributed by atoms with van der Waals surface area (Å²) in [5, 5.41) is 9.88. The number of methoxy groups -OCH3 is 1. The first kappa shape index (κ1) is 14.8. The van der Waals surface area contributed by atoms with Crippen molar-refractivity contribution in [1.82, 2.24) is 0 Å². The van der Waals surface area contributed by atoms with E-state index in [4.69, 9.17) is 4.74 Å². The van der Waals surface area contributed by atoms with Gasteiger partial charge in [0, 0.05) is 6.08 Å². The van der Waals surface area contributed by atoms with Gasteiger partial charge in [0.2, 0.25) is 0 Å². The number of aliphatic hydroxyl groups is 1. The van der Waals surface area contributed by atoms with Crippen LogP contribution in [-0.4, -0.2) is 30.1 Å². The molecule has 0 amide bonds. The van der Waals surface area contributed by atoms with Crippen molar-refractivity contribution in [1.29, 1.82) is 0 Å². The summed E-state index contributed by atoms with van der Waals surface area (Å²) in [7, 11) is 1.10. The smallest absolute Gasteiger partial charge is 0.378 e. The number of carbonyl (C=O) groups excluding carboxylic acids is 2. The number of hydrogen-bond donors (Lipinski definition) is 1. The second-order valence-corrected chi connectivity index (χ2v) is 4.05. The van der Waals surface area contributed by atoms with Gasteiger partial charge in [0.15, 0.2) is 0 Å². The predicted molar refractivity (Wildman–Crippen MR) is 69.8 cm³/mol. The molecular weight excluding hydrogens is 248 g/mol. The first-order valence-corrected chi connectivity index (χ1v) is 5.74. The molecule has 0 aliphatic carbocycles. The van der Waals surface area contributed by atoms with Crippen LogP contribution in [0.2, 0.25) is 0 Å². The highest BCUT2D eigenvalue weighted by Gasteiger charge is 2.15. The van der Waals surface area contributed by atoms with Crippen LogP contribution in [-0.2, 0) is 14.3 Å². The molecule has 0 aliphatic rings. The Balaban J connectivity index is 3.05. The summed E-state index contributed by atoms with van der Waals surface area (Å²) in [6, 6.07) is 6.70. The van der Waals surface area contributed by atoms with Gasteiger partial charge < -0.3 is 14.6 Å². The molecular formula is C14H16O5. The molecule has 0 aromatic heterocycles. The second-order valence-electron chi connectivity index (χ2n) is 4.05. The zero-order chi connectivity index (χ0) is 14.4. The molecule has 0 spiro atoms. The standard InChI is InChI=1S/C14H16O5/c1-9(2)19-13-7-5-4-6-10(13)11(15)8-12(16)14(17)18-3/h4-9,15H,1-3H3/b11-8-. The highest BCUT2D eigenvalue weighted by Crippen LogP contribution is 2.25. The van der Waals surface area contributed by atoms with Crippen LogP contribution in [0.5, 0.6) is 5.75 Å². The normalized spacial score (nSPS) is 11.3. The van der Waals surface area contributed by atoms with Gasteiger partial charge in [-0.05, 0) is 26.0 Å². The van der Waals surface area contributed by atoms with Crippen LogP contribution < -0.4 is 4.74 Å². The topological polar surface area (TPSA) is 72.8 Å². The zero-order valence-corrected chi connectivity index (χ0v) is 11.0. The van der Waals surface area contributed by atoms with Gasteiger partial charge in [-0.3, -0.25) is 4.79 Å². The molecule has 1 aromatic rings. The van der Waals surface area contributed by atoms with Gasteiger partial charge in [-0.1, -0.05) is 12.1 Å². The zero-order valence-electron chi connectivity index (χ0n) is 11.0. The number of ether oxygens (including phenoxy) is 2. The van der Waals surface area contributed by atoms with Gasteiger partial charge in [0.25, 0.3) is 5.78 Å². The highest BCUT2D eigenvalue weighted by molar-refractivity contribution is 6.39. The maximum atomic E-state index is 11.3. The highest BCUT2D eigenvalue weighted by atomic mass is 16.5. The molecule has 0 unspecified atom stereocenters. The molecule has 0 fully saturated rings. The Kier molecular flexibility index (Phi) is 5.11. The lowest BCUT2D eigenvalue weighted by molar-refractivity contribution is -0.149. The molecule has 0 radical (unpaired) electrons. The van der Waals surface area contributed by atoms with Gasteiger partial charge in [0.1, 0.15) is 11.5 Å². The van der Waals surface area contributed by atoms with Crippen molar-refractivity contribution in [2.75, 3.05) is 7.11 Å². The van der Waals surface area contributed by atoms with E-state index in [0.717, 1.165) is 13.2 Å². The van der Waals surface area contributed by atoms with Gasteiger partial charge in [-0.25, -0.2) is 4.79 Å². The van der Waals surface area contributed by atoms with E-state index in [1.165, 1.54) is 0 Å². The summed E-state index contributed by atoms with van der Waals surface area (Å²) >= 11 is 0. The Bertz CT molecular complexity index is 502. The van der Waals surface area contributed by atoms with E-state index >= 15 is 0 Å². The fourth-order valence-corrected chi connectivity index (χ4v) is 1.40. The number of para-hydroxylation sites is 1. The van der Waals surface area contributed by atoms with Crippen LogP contribution in [0.15, 0.2) is 30.3 Å². The van der Waals surface area contributed by atoms with Crippen molar-refractivity contribution >= 4 is 17.5 Å². The van der Waals surface area contributed by atoms with Crippen molar-refractivity contribution in [2.45, 2.75) is 20.0 Å². The molecule has 1 aromatic carbocycles. The van der Waals surface area contributed by atoms with Crippen molar-refractivity contribution in [3.05, 3.63) is 35.9 Å². The third kappa shape index (κ3) is 4.13. The summed E-state index contributed by atoms with van der Waals surface area (Å²) in [4.78, 5) is 22.3. The fourth-order valence-electron chi connectivity index (χ4n) is 1.40. The van der Waals surface area contributed by atoms with Gasteiger partial charge in [-0.2, -0.15) is 0 Å². The van der Waals surface area contributed by atoms with Crippen LogP contribution in [0, 0.1) is 0 Å². The molecule has 0 bridgehead atoms. The van der Waals surface area contributed by atoms with E-state index in [1.54, 1.807) is 24.3 Å². The second kappa shape index (κ2) is 6.58. The number of benzene rings is 1. The molecule has 1 rings (SSSR count). The lowest BCUT2D eigenvalue weighted by atomic mass is 10.1. The van der Waals surface area contributed by atoms with Crippen molar-refractivity contribution < 1.29 is 24.2 Å². The largest absolute Gasteiger partial charge is 0.507 e. The van der Waals surface area contributed by atoms with Crippen LogP contribution >= 0.6 is 0 Å². The number of rotatable bonds is 5. The van der Waals surface area contributed by atoms with E-state index in [9.17, 15) is 14.7 Å². The van der Waals surface area contributed by atoms with E-state index in [-0.39, 0.29) is 11.9 Å². The monoisotopic (exact) mass is 264 g/mol. The number of ketones is 1. The minimum Gasteiger partial charge on any atom is -0.507 e. The summed E-state index contributed by atoms with van der Waals surface area (Å²) in [5.74, 6) is -1.87. The van der Waals surface area contributed by atoms with Gasteiger partial charge in [-0.15, -0.1) is 0 Å². The Morgan fingerprint density at radius 1 is 1.26 bits per heavy atom. The minimum absolute atomic E-state index is 0.0785. The van der Waals surface area contributed by atoms with Gasteiger partial charge >= 0.3 is 5.97 Å². The Hall–Kier alpha value is -2.30. The summed E-state index contributed by atoms with van der Waals surface area (Å²) in [5.41, 5.74) is 0.341. The molecule has 5 nitrogen and oxygen atoms in total. The van der Waals surface area contributed by atoms with Crippen LogP contribution in [0.1, 0.15) is 19.4 Å². The minimum atomic E-state index is -1.03. The third-order valence-corrected chi connectivity index (χ3v) is 2.18. The SMILES string of the molecule is COC(=O)C(=O)/C=C(\O)c1ccccc1OC(C)C. The summed E-state index contributed by atoms with van der Waals surface area (Å²) in [6.45, 7) is 3.69. The lowest BCUT2D eigenvalue weighted by Gasteiger charge is -2.13. The third-order valence-electron chi connectivity index (χ3n) is 2.18. The molecule has 0 saturated heterocycles. The quantitative estimate of drug-likeness (QED) is 0.381. The molecule has 0 saturated carbocycles. The van der Waals surface area contributed by atoms with Crippen molar-refractivity contribution in [3.63, 3.8) is 0 Å². The number of carbonyl (C=O) groups is 2. The molecule has 102 valence electrons. The summed E-state index contributed by atoms with van der Waals surface area (Å²) in [6.07, 6.45) is 0.735. The van der Waals surface area contributed by atoms with Crippen LogP contribution in [0.3, 0.4) is 0 Å². The molecule has 5 heteroatoms. The Morgan fingerprint density at radius 3 is 2.47 bits per heavy atom. The van der Waals surface area contributed by atoms with Crippen LogP contribution in [0.25, 0.3) is 5.76 Å². The van der Waals surface area contributed by atoms with E-state index < -0.39 is 11.8 Å².